The fourth-order valence-corrected chi connectivity index (χ4v) is 2.83. The van der Waals surface area contributed by atoms with E-state index in [0.717, 1.165) is 14.9 Å². The zero-order valence-electron chi connectivity index (χ0n) is 10.9. The Labute approximate surface area is 126 Å². The van der Waals surface area contributed by atoms with Gasteiger partial charge in [-0.2, -0.15) is 0 Å². The van der Waals surface area contributed by atoms with Crippen molar-refractivity contribution in [2.24, 2.45) is 0 Å². The summed E-state index contributed by atoms with van der Waals surface area (Å²) in [5, 5.41) is 14.7. The number of halogens is 1. The van der Waals surface area contributed by atoms with Gasteiger partial charge in [0.1, 0.15) is 6.61 Å². The van der Waals surface area contributed by atoms with Crippen molar-refractivity contribution in [3.8, 4) is 0 Å². The molecule has 1 unspecified atom stereocenters. The summed E-state index contributed by atoms with van der Waals surface area (Å²) in [7, 11) is 0. The summed E-state index contributed by atoms with van der Waals surface area (Å²) in [5.74, 6) is -0.430. The lowest BCUT2D eigenvalue weighted by Gasteiger charge is -2.14. The second-order valence-corrected chi connectivity index (χ2v) is 6.04. The molecular formula is C14H15ClN2O2S. The third-order valence-corrected chi connectivity index (χ3v) is 4.11. The first kappa shape index (κ1) is 14.8. The van der Waals surface area contributed by atoms with Crippen molar-refractivity contribution >= 4 is 40.2 Å². The summed E-state index contributed by atoms with van der Waals surface area (Å²) >= 11 is 7.46. The summed E-state index contributed by atoms with van der Waals surface area (Å²) in [4.78, 5) is 12.3. The van der Waals surface area contributed by atoms with Gasteiger partial charge in [-0.1, -0.05) is 17.7 Å². The minimum atomic E-state index is -0.526. The summed E-state index contributed by atoms with van der Waals surface area (Å²) in [5.41, 5.74) is 1.53. The monoisotopic (exact) mass is 310 g/mol. The van der Waals surface area contributed by atoms with Gasteiger partial charge in [-0.3, -0.25) is 4.79 Å². The quantitative estimate of drug-likeness (QED) is 0.792. The van der Waals surface area contributed by atoms with Crippen LogP contribution in [0.1, 0.15) is 17.8 Å². The predicted molar refractivity (Wildman–Crippen MR) is 83.5 cm³/mol. The predicted octanol–water partition coefficient (Wildman–Crippen LogP) is 3.51. The Hall–Kier alpha value is -1.56. The maximum absolute atomic E-state index is 11.1. The van der Waals surface area contributed by atoms with Crippen molar-refractivity contribution in [2.75, 3.05) is 17.2 Å². The average Bonchev–Trinajstić information content (AvgIpc) is 2.86. The fourth-order valence-electron chi connectivity index (χ4n) is 1.77. The van der Waals surface area contributed by atoms with Crippen molar-refractivity contribution in [3.05, 3.63) is 45.6 Å². The molecule has 6 heteroatoms. The Morgan fingerprint density at radius 2 is 2.10 bits per heavy atom. The van der Waals surface area contributed by atoms with E-state index in [9.17, 15) is 4.79 Å². The molecule has 4 nitrogen and oxygen atoms in total. The minimum Gasteiger partial charge on any atom is -0.387 e. The number of hydrogen-bond acceptors (Lipinski definition) is 4. The second kappa shape index (κ2) is 6.74. The zero-order chi connectivity index (χ0) is 14.5. The highest BCUT2D eigenvalue weighted by Gasteiger charge is 2.08. The number of thiophene rings is 1. The van der Waals surface area contributed by atoms with Gasteiger partial charge < -0.3 is 15.7 Å². The number of aliphatic hydroxyl groups is 1. The fraction of sp³-hybridized carbons (Fsp3) is 0.214. The molecule has 1 aromatic heterocycles. The van der Waals surface area contributed by atoms with Crippen molar-refractivity contribution in [1.82, 2.24) is 0 Å². The van der Waals surface area contributed by atoms with E-state index in [4.69, 9.17) is 16.7 Å². The maximum Gasteiger partial charge on any atom is 0.250 e. The van der Waals surface area contributed by atoms with Crippen LogP contribution in [0.25, 0.3) is 0 Å². The Bertz CT molecular complexity index is 600. The van der Waals surface area contributed by atoms with Gasteiger partial charge in [0.2, 0.25) is 5.91 Å². The van der Waals surface area contributed by atoms with Crippen LogP contribution in [0.2, 0.25) is 4.34 Å². The van der Waals surface area contributed by atoms with E-state index in [1.165, 1.54) is 11.3 Å². The molecule has 20 heavy (non-hydrogen) atoms. The lowest BCUT2D eigenvalue weighted by atomic mass is 10.2. The highest BCUT2D eigenvalue weighted by atomic mass is 35.5. The Kier molecular flexibility index (Phi) is 5.00. The molecule has 1 aromatic carbocycles. The van der Waals surface area contributed by atoms with Crippen molar-refractivity contribution in [1.29, 1.82) is 0 Å². The highest BCUT2D eigenvalue weighted by molar-refractivity contribution is 7.16. The standard InChI is InChI=1S/C14H15ClN2O2S/c1-9(12-5-6-13(15)20-12)16-10-3-2-4-11(7-10)17-14(19)8-18/h2-7,9,16,18H,8H2,1H3,(H,17,19). The number of hydrogen-bond donors (Lipinski definition) is 3. The summed E-state index contributed by atoms with van der Waals surface area (Å²) in [6.45, 7) is 1.52. The smallest absolute Gasteiger partial charge is 0.250 e. The number of aliphatic hydroxyl groups excluding tert-OH is 1. The van der Waals surface area contributed by atoms with Gasteiger partial charge in [-0.05, 0) is 37.3 Å². The van der Waals surface area contributed by atoms with E-state index in [-0.39, 0.29) is 6.04 Å². The highest BCUT2D eigenvalue weighted by Crippen LogP contribution is 2.29. The minimum absolute atomic E-state index is 0.122. The summed E-state index contributed by atoms with van der Waals surface area (Å²) < 4.78 is 0.762. The number of amides is 1. The lowest BCUT2D eigenvalue weighted by Crippen LogP contribution is -2.15. The van der Waals surface area contributed by atoms with Crippen LogP contribution >= 0.6 is 22.9 Å². The average molecular weight is 311 g/mol. The molecule has 2 rings (SSSR count). The normalized spacial score (nSPS) is 11.9. The summed E-state index contributed by atoms with van der Waals surface area (Å²) in [6, 6.07) is 11.3. The van der Waals surface area contributed by atoms with E-state index in [1.54, 1.807) is 6.07 Å². The van der Waals surface area contributed by atoms with Crippen LogP contribution in [0, 0.1) is 0 Å². The molecular weight excluding hydrogens is 296 g/mol. The third-order valence-electron chi connectivity index (χ3n) is 2.69. The number of benzene rings is 1. The number of nitrogens with one attached hydrogen (secondary N) is 2. The van der Waals surface area contributed by atoms with Crippen LogP contribution in [0.4, 0.5) is 11.4 Å². The molecule has 1 atom stereocenters. The molecule has 0 fully saturated rings. The lowest BCUT2D eigenvalue weighted by molar-refractivity contribution is -0.118. The Balaban J connectivity index is 2.05. The van der Waals surface area contributed by atoms with Gasteiger partial charge in [0.25, 0.3) is 0 Å². The molecule has 3 N–H and O–H groups in total. The molecule has 0 bridgehead atoms. The molecule has 1 amide bonds. The largest absolute Gasteiger partial charge is 0.387 e. The number of rotatable bonds is 5. The maximum atomic E-state index is 11.1. The van der Waals surface area contributed by atoms with Crippen LogP contribution in [-0.2, 0) is 4.79 Å². The number of carbonyl (C=O) groups excluding carboxylic acids is 1. The molecule has 0 aliphatic carbocycles. The molecule has 0 saturated heterocycles. The molecule has 2 aromatic rings. The van der Waals surface area contributed by atoms with Gasteiger partial charge in [-0.25, -0.2) is 0 Å². The first-order valence-corrected chi connectivity index (χ1v) is 7.30. The third kappa shape index (κ3) is 3.96. The van der Waals surface area contributed by atoms with Gasteiger partial charge >= 0.3 is 0 Å². The van der Waals surface area contributed by atoms with Crippen LogP contribution < -0.4 is 10.6 Å². The van der Waals surface area contributed by atoms with Crippen molar-refractivity contribution in [2.45, 2.75) is 13.0 Å². The van der Waals surface area contributed by atoms with Gasteiger partial charge in [0.15, 0.2) is 0 Å². The van der Waals surface area contributed by atoms with E-state index in [0.29, 0.717) is 5.69 Å². The molecule has 0 spiro atoms. The van der Waals surface area contributed by atoms with Crippen LogP contribution in [0.15, 0.2) is 36.4 Å². The molecule has 0 aliphatic heterocycles. The molecule has 0 radical (unpaired) electrons. The topological polar surface area (TPSA) is 61.4 Å². The zero-order valence-corrected chi connectivity index (χ0v) is 12.5. The van der Waals surface area contributed by atoms with Crippen molar-refractivity contribution in [3.63, 3.8) is 0 Å². The van der Waals surface area contributed by atoms with Crippen LogP contribution in [0.5, 0.6) is 0 Å². The van der Waals surface area contributed by atoms with Gasteiger partial charge in [0, 0.05) is 16.3 Å². The van der Waals surface area contributed by atoms with Gasteiger partial charge in [-0.15, -0.1) is 11.3 Å². The second-order valence-electron chi connectivity index (χ2n) is 4.29. The van der Waals surface area contributed by atoms with E-state index >= 15 is 0 Å². The van der Waals surface area contributed by atoms with E-state index in [2.05, 4.69) is 10.6 Å². The van der Waals surface area contributed by atoms with E-state index in [1.807, 2.05) is 37.3 Å². The first-order valence-electron chi connectivity index (χ1n) is 6.11. The van der Waals surface area contributed by atoms with Gasteiger partial charge in [0.05, 0.1) is 10.4 Å². The molecule has 1 heterocycles. The van der Waals surface area contributed by atoms with Crippen LogP contribution in [-0.4, -0.2) is 17.6 Å². The number of carbonyl (C=O) groups is 1. The summed E-state index contributed by atoms with van der Waals surface area (Å²) in [6.07, 6.45) is 0. The van der Waals surface area contributed by atoms with E-state index < -0.39 is 12.5 Å². The van der Waals surface area contributed by atoms with Crippen LogP contribution in [0.3, 0.4) is 0 Å². The SMILES string of the molecule is CC(Nc1cccc(NC(=O)CO)c1)c1ccc(Cl)s1. The molecule has 0 saturated carbocycles. The van der Waals surface area contributed by atoms with Crippen molar-refractivity contribution < 1.29 is 9.90 Å². The Morgan fingerprint density at radius 1 is 1.35 bits per heavy atom. The molecule has 106 valence electrons. The Morgan fingerprint density at radius 3 is 2.75 bits per heavy atom. The molecule has 0 aliphatic rings. The number of anilines is 2. The first-order chi connectivity index (χ1) is 9.58.